The molecular weight excluding hydrogens is 208 g/mol. The first-order chi connectivity index (χ1) is 7.64. The van der Waals surface area contributed by atoms with Crippen molar-refractivity contribution in [1.29, 1.82) is 0 Å². The van der Waals surface area contributed by atoms with Gasteiger partial charge in [0, 0.05) is 5.92 Å². The van der Waals surface area contributed by atoms with Gasteiger partial charge in [0.1, 0.15) is 0 Å². The van der Waals surface area contributed by atoms with Crippen molar-refractivity contribution in [3.05, 3.63) is 12.7 Å². The number of carbonyl (C=O) groups is 1. The van der Waals surface area contributed by atoms with Crippen molar-refractivity contribution in [3.8, 4) is 0 Å². The lowest BCUT2D eigenvalue weighted by atomic mass is 9.67. The lowest BCUT2D eigenvalue weighted by molar-refractivity contribution is -0.122. The van der Waals surface area contributed by atoms with Crippen molar-refractivity contribution >= 4 is 5.78 Å². The third kappa shape index (κ3) is 7.36. The Morgan fingerprint density at radius 3 is 1.82 bits per heavy atom. The molecule has 0 rings (SSSR count). The predicted molar refractivity (Wildman–Crippen MR) is 78.2 cm³/mol. The van der Waals surface area contributed by atoms with Gasteiger partial charge in [-0.2, -0.15) is 0 Å². The minimum absolute atomic E-state index is 0.0538. The molecule has 0 aromatic heterocycles. The standard InChI is InChI=1S/C14H26O.C2H6/c1-8-11(12(15)9-2)14(6,7)10-13(3,4)5;1-2/h9,11H,2,8,10H2,1,3-7H3;1-2H3. The molecule has 1 heteroatoms. The second-order valence-electron chi connectivity index (χ2n) is 6.29. The fourth-order valence-electron chi connectivity index (χ4n) is 2.77. The Morgan fingerprint density at radius 2 is 1.59 bits per heavy atom. The van der Waals surface area contributed by atoms with Gasteiger partial charge in [-0.1, -0.05) is 62.0 Å². The average molecular weight is 240 g/mol. The second kappa shape index (κ2) is 7.68. The highest BCUT2D eigenvalue weighted by molar-refractivity contribution is 5.91. The van der Waals surface area contributed by atoms with Crippen molar-refractivity contribution in [1.82, 2.24) is 0 Å². The normalized spacial score (nSPS) is 13.4. The third-order valence-electron chi connectivity index (χ3n) is 2.88. The molecule has 0 amide bonds. The van der Waals surface area contributed by atoms with Crippen LogP contribution in [0.25, 0.3) is 0 Å². The van der Waals surface area contributed by atoms with Crippen LogP contribution in [0, 0.1) is 16.7 Å². The van der Waals surface area contributed by atoms with Crippen LogP contribution in [0.1, 0.15) is 68.2 Å². The number of carbonyl (C=O) groups excluding carboxylic acids is 1. The number of allylic oxidation sites excluding steroid dienone is 1. The van der Waals surface area contributed by atoms with Gasteiger partial charge in [0.15, 0.2) is 5.78 Å². The average Bonchev–Trinajstić information content (AvgIpc) is 2.17. The summed E-state index contributed by atoms with van der Waals surface area (Å²) >= 11 is 0. The summed E-state index contributed by atoms with van der Waals surface area (Å²) in [5.41, 5.74) is 0.316. The Balaban J connectivity index is 0. The minimum atomic E-state index is 0.0538. The SMILES string of the molecule is C=CC(=O)C(CC)C(C)(C)CC(C)(C)C.CC. The van der Waals surface area contributed by atoms with Gasteiger partial charge in [0.2, 0.25) is 0 Å². The smallest absolute Gasteiger partial charge is 0.158 e. The van der Waals surface area contributed by atoms with Crippen molar-refractivity contribution in [3.63, 3.8) is 0 Å². The Labute approximate surface area is 109 Å². The zero-order valence-electron chi connectivity index (χ0n) is 13.2. The number of rotatable bonds is 5. The van der Waals surface area contributed by atoms with Crippen LogP contribution in [0.4, 0.5) is 0 Å². The molecule has 0 fully saturated rings. The minimum Gasteiger partial charge on any atom is -0.295 e. The molecule has 0 aromatic rings. The summed E-state index contributed by atoms with van der Waals surface area (Å²) in [4.78, 5) is 11.8. The first-order valence-electron chi connectivity index (χ1n) is 6.80. The lowest BCUT2D eigenvalue weighted by Gasteiger charge is -2.37. The van der Waals surface area contributed by atoms with E-state index >= 15 is 0 Å². The van der Waals surface area contributed by atoms with Crippen LogP contribution >= 0.6 is 0 Å². The number of hydrogen-bond acceptors (Lipinski definition) is 1. The maximum Gasteiger partial charge on any atom is 0.158 e. The van der Waals surface area contributed by atoms with Gasteiger partial charge in [-0.05, 0) is 29.7 Å². The Morgan fingerprint density at radius 1 is 1.18 bits per heavy atom. The van der Waals surface area contributed by atoms with Gasteiger partial charge in [-0.15, -0.1) is 0 Å². The largest absolute Gasteiger partial charge is 0.295 e. The molecule has 0 radical (unpaired) electrons. The molecule has 0 aliphatic carbocycles. The van der Waals surface area contributed by atoms with Gasteiger partial charge in [0.05, 0.1) is 0 Å². The van der Waals surface area contributed by atoms with Crippen LogP contribution in [0.5, 0.6) is 0 Å². The van der Waals surface area contributed by atoms with Crippen LogP contribution in [0.2, 0.25) is 0 Å². The maximum absolute atomic E-state index is 11.8. The van der Waals surface area contributed by atoms with E-state index in [9.17, 15) is 4.79 Å². The highest BCUT2D eigenvalue weighted by Crippen LogP contribution is 2.40. The third-order valence-corrected chi connectivity index (χ3v) is 2.88. The van der Waals surface area contributed by atoms with E-state index in [1.165, 1.54) is 6.08 Å². The monoisotopic (exact) mass is 240 g/mol. The zero-order chi connectivity index (χ0) is 14.3. The topological polar surface area (TPSA) is 17.1 Å². The second-order valence-corrected chi connectivity index (χ2v) is 6.29. The summed E-state index contributed by atoms with van der Waals surface area (Å²) < 4.78 is 0. The fourth-order valence-corrected chi connectivity index (χ4v) is 2.77. The van der Waals surface area contributed by atoms with E-state index in [1.54, 1.807) is 0 Å². The quantitative estimate of drug-likeness (QED) is 0.599. The molecule has 0 spiro atoms. The van der Waals surface area contributed by atoms with E-state index in [4.69, 9.17) is 0 Å². The number of hydrogen-bond donors (Lipinski definition) is 0. The van der Waals surface area contributed by atoms with Gasteiger partial charge in [-0.3, -0.25) is 4.79 Å². The Hall–Kier alpha value is -0.590. The van der Waals surface area contributed by atoms with Crippen LogP contribution < -0.4 is 0 Å². The summed E-state index contributed by atoms with van der Waals surface area (Å²) in [5.74, 6) is 0.293. The van der Waals surface area contributed by atoms with Crippen molar-refractivity contribution in [2.24, 2.45) is 16.7 Å². The van der Waals surface area contributed by atoms with E-state index in [-0.39, 0.29) is 22.5 Å². The van der Waals surface area contributed by atoms with Crippen LogP contribution in [-0.4, -0.2) is 5.78 Å². The molecule has 0 saturated heterocycles. The molecule has 0 heterocycles. The highest BCUT2D eigenvalue weighted by atomic mass is 16.1. The van der Waals surface area contributed by atoms with Gasteiger partial charge < -0.3 is 0 Å². The molecule has 1 nitrogen and oxygen atoms in total. The van der Waals surface area contributed by atoms with E-state index < -0.39 is 0 Å². The fraction of sp³-hybridized carbons (Fsp3) is 0.812. The summed E-state index contributed by atoms with van der Waals surface area (Å²) in [6, 6.07) is 0. The van der Waals surface area contributed by atoms with Crippen LogP contribution in [-0.2, 0) is 4.79 Å². The van der Waals surface area contributed by atoms with Gasteiger partial charge >= 0.3 is 0 Å². The lowest BCUT2D eigenvalue weighted by Crippen LogP contribution is -2.33. The maximum atomic E-state index is 11.8. The highest BCUT2D eigenvalue weighted by Gasteiger charge is 2.35. The molecule has 1 unspecified atom stereocenters. The molecule has 0 saturated carbocycles. The summed E-state index contributed by atoms with van der Waals surface area (Å²) in [6.07, 6.45) is 3.42. The summed E-state index contributed by atoms with van der Waals surface area (Å²) in [7, 11) is 0. The molecule has 0 aromatic carbocycles. The van der Waals surface area contributed by atoms with E-state index in [2.05, 4.69) is 48.1 Å². The van der Waals surface area contributed by atoms with E-state index in [0.29, 0.717) is 0 Å². The van der Waals surface area contributed by atoms with Crippen LogP contribution in [0.15, 0.2) is 12.7 Å². The van der Waals surface area contributed by atoms with E-state index in [1.807, 2.05) is 13.8 Å². The Kier molecular flexibility index (Phi) is 8.48. The molecular formula is C16H32O. The van der Waals surface area contributed by atoms with Crippen molar-refractivity contribution in [2.75, 3.05) is 0 Å². The van der Waals surface area contributed by atoms with Crippen LogP contribution in [0.3, 0.4) is 0 Å². The van der Waals surface area contributed by atoms with Crippen molar-refractivity contribution < 1.29 is 4.79 Å². The van der Waals surface area contributed by atoms with Crippen molar-refractivity contribution in [2.45, 2.75) is 68.2 Å². The molecule has 0 aliphatic rings. The molecule has 0 bridgehead atoms. The molecule has 0 N–H and O–H groups in total. The molecule has 102 valence electrons. The molecule has 17 heavy (non-hydrogen) atoms. The zero-order valence-corrected chi connectivity index (χ0v) is 13.2. The van der Waals surface area contributed by atoms with E-state index in [0.717, 1.165) is 12.8 Å². The van der Waals surface area contributed by atoms with Gasteiger partial charge in [-0.25, -0.2) is 0 Å². The predicted octanol–water partition coefficient (Wildman–Crippen LogP) is 5.26. The number of ketones is 1. The Bertz CT molecular complexity index is 230. The summed E-state index contributed by atoms with van der Waals surface area (Å²) in [5, 5.41) is 0. The molecule has 0 aliphatic heterocycles. The van der Waals surface area contributed by atoms with Gasteiger partial charge in [0.25, 0.3) is 0 Å². The first-order valence-corrected chi connectivity index (χ1v) is 6.80. The molecule has 1 atom stereocenters. The first kappa shape index (κ1) is 18.8. The summed E-state index contributed by atoms with van der Waals surface area (Å²) in [6.45, 7) is 20.7.